The number of aromatic nitrogens is 1. The largest absolute Gasteiger partial charge is 0.375 e. The van der Waals surface area contributed by atoms with Crippen LogP contribution in [0.3, 0.4) is 0 Å². The number of rotatable bonds is 0. The molecule has 0 aliphatic carbocycles. The summed E-state index contributed by atoms with van der Waals surface area (Å²) in [6.45, 7) is 1.54. The van der Waals surface area contributed by atoms with Crippen molar-refractivity contribution in [2.75, 3.05) is 6.61 Å². The van der Waals surface area contributed by atoms with Gasteiger partial charge in [-0.05, 0) is 15.9 Å². The zero-order chi connectivity index (χ0) is 6.97. The van der Waals surface area contributed by atoms with Crippen molar-refractivity contribution >= 4 is 27.3 Å². The van der Waals surface area contributed by atoms with E-state index >= 15 is 0 Å². The van der Waals surface area contributed by atoms with Gasteiger partial charge in [-0.2, -0.15) is 0 Å². The SMILES string of the molecule is Brc1nc2c(s1)CCOC2. The maximum absolute atomic E-state index is 5.23. The second kappa shape index (κ2) is 2.60. The number of fused-ring (bicyclic) bond motifs is 1. The molecular weight excluding hydrogens is 214 g/mol. The number of hydrogen-bond acceptors (Lipinski definition) is 3. The fraction of sp³-hybridized carbons (Fsp3) is 0.500. The smallest absolute Gasteiger partial charge is 0.159 e. The van der Waals surface area contributed by atoms with E-state index in [9.17, 15) is 0 Å². The third-order valence-corrected chi connectivity index (χ3v) is 3.07. The lowest BCUT2D eigenvalue weighted by Gasteiger charge is -2.08. The van der Waals surface area contributed by atoms with Gasteiger partial charge in [-0.25, -0.2) is 4.98 Å². The highest BCUT2D eigenvalue weighted by Gasteiger charge is 2.13. The van der Waals surface area contributed by atoms with E-state index in [0.717, 1.165) is 22.6 Å². The van der Waals surface area contributed by atoms with Crippen LogP contribution in [-0.4, -0.2) is 11.6 Å². The summed E-state index contributed by atoms with van der Waals surface area (Å²) in [4.78, 5) is 5.63. The van der Waals surface area contributed by atoms with Crippen molar-refractivity contribution < 1.29 is 4.74 Å². The van der Waals surface area contributed by atoms with Crippen molar-refractivity contribution in [2.45, 2.75) is 13.0 Å². The average molecular weight is 220 g/mol. The normalized spacial score (nSPS) is 16.9. The van der Waals surface area contributed by atoms with Crippen molar-refractivity contribution in [1.82, 2.24) is 4.98 Å². The maximum atomic E-state index is 5.23. The quantitative estimate of drug-likeness (QED) is 0.666. The summed E-state index contributed by atoms with van der Waals surface area (Å²) in [5.74, 6) is 0. The molecule has 2 nitrogen and oxygen atoms in total. The first-order valence-corrected chi connectivity index (χ1v) is 4.69. The van der Waals surface area contributed by atoms with Crippen molar-refractivity contribution in [3.63, 3.8) is 0 Å². The third-order valence-electron chi connectivity index (χ3n) is 1.46. The standard InChI is InChI=1S/C6H6BrNOS/c7-6-8-4-3-9-2-1-5(4)10-6/h1-3H2. The predicted octanol–water partition coefficient (Wildman–Crippen LogP) is 1.98. The van der Waals surface area contributed by atoms with Gasteiger partial charge in [-0.1, -0.05) is 0 Å². The zero-order valence-corrected chi connectivity index (χ0v) is 7.67. The third kappa shape index (κ3) is 1.11. The molecule has 0 amide bonds. The molecule has 0 atom stereocenters. The van der Waals surface area contributed by atoms with E-state index in [2.05, 4.69) is 20.9 Å². The Morgan fingerprint density at radius 2 is 2.50 bits per heavy atom. The molecule has 0 saturated heterocycles. The first kappa shape index (κ1) is 6.76. The van der Waals surface area contributed by atoms with E-state index in [1.807, 2.05) is 0 Å². The van der Waals surface area contributed by atoms with Gasteiger partial charge in [-0.3, -0.25) is 0 Å². The summed E-state index contributed by atoms with van der Waals surface area (Å²) in [5, 5.41) is 0. The van der Waals surface area contributed by atoms with Crippen LogP contribution >= 0.6 is 27.3 Å². The summed E-state index contributed by atoms with van der Waals surface area (Å²) in [5.41, 5.74) is 1.11. The van der Waals surface area contributed by atoms with Gasteiger partial charge in [0.05, 0.1) is 18.9 Å². The van der Waals surface area contributed by atoms with Crippen LogP contribution in [-0.2, 0) is 17.8 Å². The Bertz CT molecular complexity index is 224. The summed E-state index contributed by atoms with van der Waals surface area (Å²) in [7, 11) is 0. The lowest BCUT2D eigenvalue weighted by Crippen LogP contribution is -2.07. The Kier molecular flexibility index (Phi) is 1.76. The van der Waals surface area contributed by atoms with Crippen molar-refractivity contribution in [2.24, 2.45) is 0 Å². The van der Waals surface area contributed by atoms with Crippen LogP contribution in [0.5, 0.6) is 0 Å². The second-order valence-corrected chi connectivity index (χ2v) is 4.50. The molecular formula is C6H6BrNOS. The van der Waals surface area contributed by atoms with Gasteiger partial charge in [0.15, 0.2) is 3.92 Å². The van der Waals surface area contributed by atoms with Crippen molar-refractivity contribution in [1.29, 1.82) is 0 Å². The Morgan fingerprint density at radius 1 is 1.60 bits per heavy atom. The van der Waals surface area contributed by atoms with Crippen LogP contribution in [0.15, 0.2) is 3.92 Å². The van der Waals surface area contributed by atoms with E-state index in [4.69, 9.17) is 4.74 Å². The fourth-order valence-electron chi connectivity index (χ4n) is 0.994. The van der Waals surface area contributed by atoms with E-state index in [1.54, 1.807) is 11.3 Å². The minimum atomic E-state index is 0.692. The number of ether oxygens (including phenoxy) is 1. The van der Waals surface area contributed by atoms with Gasteiger partial charge >= 0.3 is 0 Å². The van der Waals surface area contributed by atoms with Crippen LogP contribution in [0.2, 0.25) is 0 Å². The monoisotopic (exact) mass is 219 g/mol. The minimum Gasteiger partial charge on any atom is -0.375 e. The lowest BCUT2D eigenvalue weighted by molar-refractivity contribution is 0.109. The highest BCUT2D eigenvalue weighted by Crippen LogP contribution is 2.26. The van der Waals surface area contributed by atoms with Gasteiger partial charge < -0.3 is 4.74 Å². The van der Waals surface area contributed by atoms with E-state index in [-0.39, 0.29) is 0 Å². The maximum Gasteiger partial charge on any atom is 0.159 e. The minimum absolute atomic E-state index is 0.692. The predicted molar refractivity (Wildman–Crippen MR) is 43.2 cm³/mol. The molecule has 0 radical (unpaired) electrons. The van der Waals surface area contributed by atoms with Crippen LogP contribution in [0.25, 0.3) is 0 Å². The Hall–Kier alpha value is 0.0700. The van der Waals surface area contributed by atoms with Crippen LogP contribution in [0, 0.1) is 0 Å². The number of nitrogens with zero attached hydrogens (tertiary/aromatic N) is 1. The topological polar surface area (TPSA) is 22.1 Å². The summed E-state index contributed by atoms with van der Waals surface area (Å²) in [6.07, 6.45) is 1.03. The molecule has 0 N–H and O–H groups in total. The highest BCUT2D eigenvalue weighted by atomic mass is 79.9. The first-order chi connectivity index (χ1) is 4.86. The molecule has 1 aromatic rings. The summed E-state index contributed by atoms with van der Waals surface area (Å²) in [6, 6.07) is 0. The molecule has 0 bridgehead atoms. The molecule has 1 aromatic heterocycles. The Labute approximate surface area is 71.4 Å². The zero-order valence-electron chi connectivity index (χ0n) is 5.26. The molecule has 0 spiro atoms. The molecule has 54 valence electrons. The first-order valence-electron chi connectivity index (χ1n) is 3.08. The highest BCUT2D eigenvalue weighted by molar-refractivity contribution is 9.11. The molecule has 2 heterocycles. The average Bonchev–Trinajstić information content (AvgIpc) is 2.27. The van der Waals surface area contributed by atoms with E-state index in [0.29, 0.717) is 6.61 Å². The molecule has 4 heteroatoms. The molecule has 10 heavy (non-hydrogen) atoms. The molecule has 0 unspecified atom stereocenters. The van der Waals surface area contributed by atoms with Crippen LogP contribution in [0.1, 0.15) is 10.6 Å². The lowest BCUT2D eigenvalue weighted by atomic mass is 10.3. The molecule has 0 saturated carbocycles. The number of hydrogen-bond donors (Lipinski definition) is 0. The van der Waals surface area contributed by atoms with E-state index < -0.39 is 0 Å². The molecule has 2 rings (SSSR count). The number of thiazole rings is 1. The van der Waals surface area contributed by atoms with Gasteiger partial charge in [0.25, 0.3) is 0 Å². The molecule has 0 fully saturated rings. The molecule has 1 aliphatic rings. The summed E-state index contributed by atoms with van der Waals surface area (Å²) >= 11 is 5.06. The molecule has 0 aromatic carbocycles. The van der Waals surface area contributed by atoms with Gasteiger partial charge in [0, 0.05) is 11.3 Å². The van der Waals surface area contributed by atoms with Crippen molar-refractivity contribution in [3.05, 3.63) is 14.5 Å². The second-order valence-electron chi connectivity index (χ2n) is 2.14. The van der Waals surface area contributed by atoms with Gasteiger partial charge in [0.1, 0.15) is 0 Å². The van der Waals surface area contributed by atoms with E-state index in [1.165, 1.54) is 4.88 Å². The molecule has 1 aliphatic heterocycles. The Morgan fingerprint density at radius 3 is 3.30 bits per heavy atom. The summed E-state index contributed by atoms with van der Waals surface area (Å²) < 4.78 is 6.21. The van der Waals surface area contributed by atoms with Crippen LogP contribution in [0.4, 0.5) is 0 Å². The number of halogens is 1. The fourth-order valence-corrected chi connectivity index (χ4v) is 2.56. The Balaban J connectivity index is 2.41. The van der Waals surface area contributed by atoms with Crippen LogP contribution < -0.4 is 0 Å². The van der Waals surface area contributed by atoms with Crippen molar-refractivity contribution in [3.8, 4) is 0 Å². The van der Waals surface area contributed by atoms with Gasteiger partial charge in [0.2, 0.25) is 0 Å². The van der Waals surface area contributed by atoms with Gasteiger partial charge in [-0.15, -0.1) is 11.3 Å².